The van der Waals surface area contributed by atoms with Gasteiger partial charge in [0.25, 0.3) is 0 Å². The maximum absolute atomic E-state index is 5.29. The first kappa shape index (κ1) is 7.34. The van der Waals surface area contributed by atoms with E-state index in [1.165, 1.54) is 0 Å². The Bertz CT molecular complexity index is 99.1. The number of hydrogen-bond acceptors (Lipinski definition) is 2. The van der Waals surface area contributed by atoms with E-state index in [9.17, 15) is 0 Å². The van der Waals surface area contributed by atoms with Gasteiger partial charge in [0.05, 0.1) is 5.82 Å². The Morgan fingerprint density at radius 3 is 1.62 bits per heavy atom. The van der Waals surface area contributed by atoms with Gasteiger partial charge in [-0.25, -0.2) is 0 Å². The third kappa shape index (κ3) is 1.87. The van der Waals surface area contributed by atoms with Crippen LogP contribution in [0.3, 0.4) is 0 Å². The summed E-state index contributed by atoms with van der Waals surface area (Å²) in [6.07, 6.45) is 0. The quantitative estimate of drug-likeness (QED) is 0.529. The molecule has 0 saturated heterocycles. The predicted octanol–water partition coefficient (Wildman–Crippen LogP) is 0.791. The third-order valence-electron chi connectivity index (χ3n) is 1.32. The summed E-state index contributed by atoms with van der Waals surface area (Å²) in [6.45, 7) is 6.07. The summed E-state index contributed by atoms with van der Waals surface area (Å²) in [6, 6.07) is 0. The second-order valence-corrected chi connectivity index (χ2v) is 2.29. The summed E-state index contributed by atoms with van der Waals surface area (Å²) < 4.78 is 0. The van der Waals surface area contributed by atoms with E-state index in [-0.39, 0.29) is 0 Å². The molecule has 0 aliphatic heterocycles. The van der Waals surface area contributed by atoms with E-state index in [1.54, 1.807) is 0 Å². The van der Waals surface area contributed by atoms with Crippen molar-refractivity contribution in [1.82, 2.24) is 0 Å². The highest BCUT2D eigenvalue weighted by Crippen LogP contribution is 2.06. The lowest BCUT2D eigenvalue weighted by atomic mass is 10.1. The summed E-state index contributed by atoms with van der Waals surface area (Å²) in [5.74, 6) is 0.931. The molecular weight excluding hydrogens is 100 g/mol. The molecule has 0 aromatic heterocycles. The van der Waals surface area contributed by atoms with Crippen molar-refractivity contribution in [3.63, 3.8) is 0 Å². The van der Waals surface area contributed by atoms with E-state index < -0.39 is 0 Å². The van der Waals surface area contributed by atoms with E-state index >= 15 is 0 Å². The molecule has 0 bridgehead atoms. The second kappa shape index (κ2) is 2.60. The number of rotatable bonds is 1. The average Bonchev–Trinajstić information content (AvgIpc) is 1.64. The van der Waals surface area contributed by atoms with Crippen molar-refractivity contribution < 1.29 is 0 Å². The molecule has 4 N–H and O–H groups in total. The van der Waals surface area contributed by atoms with E-state index in [1.807, 2.05) is 6.92 Å². The molecule has 2 heteroatoms. The zero-order chi connectivity index (χ0) is 6.73. The highest BCUT2D eigenvalue weighted by atomic mass is 14.8. The topological polar surface area (TPSA) is 52.0 Å². The summed E-state index contributed by atoms with van der Waals surface area (Å²) in [5.41, 5.74) is 11.7. The molecule has 0 fully saturated rings. The highest BCUT2D eigenvalue weighted by Gasteiger charge is 1.97. The van der Waals surface area contributed by atoms with Crippen molar-refractivity contribution in [2.45, 2.75) is 20.8 Å². The van der Waals surface area contributed by atoms with Gasteiger partial charge in [0, 0.05) is 0 Å². The van der Waals surface area contributed by atoms with Gasteiger partial charge in [0.2, 0.25) is 0 Å². The molecule has 0 rings (SSSR count). The molecule has 0 aliphatic rings. The Hall–Kier alpha value is -0.660. The van der Waals surface area contributed by atoms with Crippen molar-refractivity contribution in [1.29, 1.82) is 0 Å². The van der Waals surface area contributed by atoms with Crippen molar-refractivity contribution in [2.24, 2.45) is 17.4 Å². The molecule has 0 amide bonds. The van der Waals surface area contributed by atoms with Crippen LogP contribution in [0, 0.1) is 5.92 Å². The van der Waals surface area contributed by atoms with Crippen LogP contribution < -0.4 is 11.5 Å². The monoisotopic (exact) mass is 114 g/mol. The smallest absolute Gasteiger partial charge is 0.0925 e. The standard InChI is InChI=1S/C6H14N2/c1-4(2)5(3)6(7)8/h4H,7-8H2,1-3H3. The number of nitrogens with two attached hydrogens (primary N) is 2. The molecule has 0 unspecified atom stereocenters. The molecule has 48 valence electrons. The zero-order valence-corrected chi connectivity index (χ0v) is 5.73. The SMILES string of the molecule is CC(=C(N)N)C(C)C. The molecule has 0 atom stereocenters. The molecule has 0 spiro atoms. The first-order valence-corrected chi connectivity index (χ1v) is 2.77. The number of allylic oxidation sites excluding steroid dienone is 1. The molecule has 0 heterocycles. The lowest BCUT2D eigenvalue weighted by Crippen LogP contribution is -2.13. The largest absolute Gasteiger partial charge is 0.386 e. The van der Waals surface area contributed by atoms with Gasteiger partial charge in [-0.05, 0) is 18.4 Å². The van der Waals surface area contributed by atoms with E-state index in [2.05, 4.69) is 13.8 Å². The van der Waals surface area contributed by atoms with Crippen molar-refractivity contribution >= 4 is 0 Å². The van der Waals surface area contributed by atoms with Crippen molar-refractivity contribution in [3.8, 4) is 0 Å². The van der Waals surface area contributed by atoms with Crippen LogP contribution in [0.1, 0.15) is 20.8 Å². The van der Waals surface area contributed by atoms with Crippen LogP contribution in [-0.4, -0.2) is 0 Å². The zero-order valence-electron chi connectivity index (χ0n) is 5.73. The predicted molar refractivity (Wildman–Crippen MR) is 35.9 cm³/mol. The molecule has 8 heavy (non-hydrogen) atoms. The second-order valence-electron chi connectivity index (χ2n) is 2.29. The molecular formula is C6H14N2. The summed E-state index contributed by atoms with van der Waals surface area (Å²) in [7, 11) is 0. The Morgan fingerprint density at radius 1 is 1.25 bits per heavy atom. The van der Waals surface area contributed by atoms with Crippen LogP contribution in [0.4, 0.5) is 0 Å². The maximum Gasteiger partial charge on any atom is 0.0925 e. The van der Waals surface area contributed by atoms with Gasteiger partial charge in [-0.15, -0.1) is 0 Å². The molecule has 0 aromatic rings. The van der Waals surface area contributed by atoms with Crippen LogP contribution in [0.5, 0.6) is 0 Å². The van der Waals surface area contributed by atoms with Gasteiger partial charge < -0.3 is 11.5 Å². The highest BCUT2D eigenvalue weighted by molar-refractivity contribution is 5.06. The normalized spacial score (nSPS) is 9.50. The fourth-order valence-electron chi connectivity index (χ4n) is 0.333. The van der Waals surface area contributed by atoms with Gasteiger partial charge in [-0.1, -0.05) is 13.8 Å². The first-order chi connectivity index (χ1) is 3.55. The molecule has 2 nitrogen and oxygen atoms in total. The maximum atomic E-state index is 5.29. The summed E-state index contributed by atoms with van der Waals surface area (Å²) in [4.78, 5) is 0. The Morgan fingerprint density at radius 2 is 1.62 bits per heavy atom. The van der Waals surface area contributed by atoms with Gasteiger partial charge in [0.1, 0.15) is 0 Å². The van der Waals surface area contributed by atoms with Gasteiger partial charge >= 0.3 is 0 Å². The molecule has 0 aromatic carbocycles. The van der Waals surface area contributed by atoms with Gasteiger partial charge in [-0.3, -0.25) is 0 Å². The van der Waals surface area contributed by atoms with E-state index in [4.69, 9.17) is 11.5 Å². The summed E-state index contributed by atoms with van der Waals surface area (Å²) in [5, 5.41) is 0. The molecule has 0 radical (unpaired) electrons. The summed E-state index contributed by atoms with van der Waals surface area (Å²) >= 11 is 0. The van der Waals surface area contributed by atoms with Crippen LogP contribution in [0.15, 0.2) is 11.4 Å². The van der Waals surface area contributed by atoms with Crippen LogP contribution >= 0.6 is 0 Å². The Labute approximate surface area is 50.6 Å². The van der Waals surface area contributed by atoms with Crippen molar-refractivity contribution in [2.75, 3.05) is 0 Å². The fraction of sp³-hybridized carbons (Fsp3) is 0.667. The third-order valence-corrected chi connectivity index (χ3v) is 1.32. The minimum atomic E-state index is 0.458. The van der Waals surface area contributed by atoms with Crippen molar-refractivity contribution in [3.05, 3.63) is 11.4 Å². The average molecular weight is 114 g/mol. The first-order valence-electron chi connectivity index (χ1n) is 2.77. The molecule has 0 aliphatic carbocycles. The fourth-order valence-corrected chi connectivity index (χ4v) is 0.333. The Balaban J connectivity index is 4.00. The van der Waals surface area contributed by atoms with Gasteiger partial charge in [0.15, 0.2) is 0 Å². The molecule has 0 saturated carbocycles. The number of hydrogen-bond donors (Lipinski definition) is 2. The minimum Gasteiger partial charge on any atom is -0.386 e. The van der Waals surface area contributed by atoms with Crippen LogP contribution in [-0.2, 0) is 0 Å². The minimum absolute atomic E-state index is 0.458. The Kier molecular flexibility index (Phi) is 2.38. The lowest BCUT2D eigenvalue weighted by molar-refractivity contribution is 0.751. The van der Waals surface area contributed by atoms with E-state index in [0.29, 0.717) is 11.7 Å². The van der Waals surface area contributed by atoms with Gasteiger partial charge in [-0.2, -0.15) is 0 Å². The van der Waals surface area contributed by atoms with E-state index in [0.717, 1.165) is 5.57 Å². The lowest BCUT2D eigenvalue weighted by Gasteiger charge is -2.05. The van der Waals surface area contributed by atoms with Crippen LogP contribution in [0.25, 0.3) is 0 Å². The van der Waals surface area contributed by atoms with Crippen LogP contribution in [0.2, 0.25) is 0 Å².